The first-order valence-corrected chi connectivity index (χ1v) is 7.54. The fourth-order valence-electron chi connectivity index (χ4n) is 2.41. The minimum absolute atomic E-state index is 0.0407. The summed E-state index contributed by atoms with van der Waals surface area (Å²) in [5.74, 6) is -0.305. The molecule has 5 heteroatoms. The normalized spacial score (nSPS) is 11.8. The van der Waals surface area contributed by atoms with Gasteiger partial charge in [0.15, 0.2) is 0 Å². The van der Waals surface area contributed by atoms with Crippen molar-refractivity contribution in [2.75, 3.05) is 0 Å². The minimum atomic E-state index is -0.469. The lowest BCUT2D eigenvalue weighted by Crippen LogP contribution is -2.28. The smallest absolute Gasteiger partial charge is 0.273 e. The lowest BCUT2D eigenvalue weighted by molar-refractivity contribution is -0.385. The van der Waals surface area contributed by atoms with Crippen LogP contribution in [0.1, 0.15) is 46.4 Å². The third kappa shape index (κ3) is 3.94. The first kappa shape index (κ1) is 16.7. The Hall–Kier alpha value is -2.69. The molecule has 1 N–H and O–H groups in total. The van der Waals surface area contributed by atoms with E-state index in [4.69, 9.17) is 0 Å². The molecule has 0 bridgehead atoms. The predicted molar refractivity (Wildman–Crippen MR) is 89.5 cm³/mol. The van der Waals surface area contributed by atoms with Gasteiger partial charge >= 0.3 is 0 Å². The van der Waals surface area contributed by atoms with Crippen LogP contribution < -0.4 is 5.32 Å². The average molecular weight is 312 g/mol. The lowest BCUT2D eigenvalue weighted by Gasteiger charge is -2.18. The molecular formula is C18H20N2O3. The molecule has 0 radical (unpaired) electrons. The van der Waals surface area contributed by atoms with Crippen LogP contribution in [-0.4, -0.2) is 10.8 Å². The van der Waals surface area contributed by atoms with E-state index < -0.39 is 4.92 Å². The summed E-state index contributed by atoms with van der Waals surface area (Å²) in [6.07, 6.45) is 0.739. The Kier molecular flexibility index (Phi) is 5.11. The van der Waals surface area contributed by atoms with Gasteiger partial charge in [-0.3, -0.25) is 14.9 Å². The van der Waals surface area contributed by atoms with Crippen molar-refractivity contribution >= 4 is 11.6 Å². The Morgan fingerprint density at radius 1 is 1.17 bits per heavy atom. The fraction of sp³-hybridized carbons (Fsp3) is 0.278. The van der Waals surface area contributed by atoms with Crippen LogP contribution in [0.3, 0.4) is 0 Å². The molecule has 2 rings (SSSR count). The molecule has 0 spiro atoms. The zero-order valence-corrected chi connectivity index (χ0v) is 13.5. The summed E-state index contributed by atoms with van der Waals surface area (Å²) in [5.41, 5.74) is 2.98. The predicted octanol–water partition coefficient (Wildman–Crippen LogP) is 4.09. The summed E-state index contributed by atoms with van der Waals surface area (Å²) in [5, 5.41) is 13.9. The molecule has 23 heavy (non-hydrogen) atoms. The third-order valence-corrected chi connectivity index (χ3v) is 3.86. The number of rotatable bonds is 5. The molecule has 1 atom stereocenters. The SMILES string of the molecule is CCC(NC(=O)c1ccc(C)c([N+](=O)[O-])c1)c1ccc(C)cc1. The first-order chi connectivity index (χ1) is 10.9. The van der Waals surface area contributed by atoms with Gasteiger partial charge < -0.3 is 5.32 Å². The zero-order valence-electron chi connectivity index (χ0n) is 13.5. The van der Waals surface area contributed by atoms with Gasteiger partial charge in [0, 0.05) is 17.2 Å². The van der Waals surface area contributed by atoms with E-state index in [0.29, 0.717) is 11.1 Å². The molecule has 0 aliphatic rings. The molecule has 2 aromatic rings. The highest BCUT2D eigenvalue weighted by molar-refractivity contribution is 5.95. The van der Waals surface area contributed by atoms with Crippen LogP contribution in [0.25, 0.3) is 0 Å². The number of nitrogens with one attached hydrogen (secondary N) is 1. The molecule has 0 saturated heterocycles. The number of nitro groups is 1. The Bertz CT molecular complexity index is 724. The van der Waals surface area contributed by atoms with E-state index in [9.17, 15) is 14.9 Å². The molecule has 120 valence electrons. The van der Waals surface area contributed by atoms with E-state index in [-0.39, 0.29) is 17.6 Å². The number of benzene rings is 2. The van der Waals surface area contributed by atoms with Gasteiger partial charge in [-0.25, -0.2) is 0 Å². The second-order valence-electron chi connectivity index (χ2n) is 5.60. The molecular weight excluding hydrogens is 292 g/mol. The quantitative estimate of drug-likeness (QED) is 0.667. The molecule has 5 nitrogen and oxygen atoms in total. The highest BCUT2D eigenvalue weighted by Gasteiger charge is 2.18. The minimum Gasteiger partial charge on any atom is -0.345 e. The maximum Gasteiger partial charge on any atom is 0.273 e. The van der Waals surface area contributed by atoms with Gasteiger partial charge in [0.1, 0.15) is 0 Å². The topological polar surface area (TPSA) is 72.2 Å². The first-order valence-electron chi connectivity index (χ1n) is 7.54. The van der Waals surface area contributed by atoms with Crippen molar-refractivity contribution in [3.8, 4) is 0 Å². The van der Waals surface area contributed by atoms with Crippen molar-refractivity contribution in [3.05, 3.63) is 74.8 Å². The van der Waals surface area contributed by atoms with E-state index >= 15 is 0 Å². The van der Waals surface area contributed by atoms with Gasteiger partial charge in [0.2, 0.25) is 0 Å². The van der Waals surface area contributed by atoms with Crippen molar-refractivity contribution in [2.45, 2.75) is 33.2 Å². The Labute approximate surface area is 135 Å². The van der Waals surface area contributed by atoms with Crippen molar-refractivity contribution in [1.29, 1.82) is 0 Å². The van der Waals surface area contributed by atoms with Gasteiger partial charge in [-0.15, -0.1) is 0 Å². The zero-order chi connectivity index (χ0) is 17.0. The van der Waals surface area contributed by atoms with Crippen LogP contribution in [0, 0.1) is 24.0 Å². The van der Waals surface area contributed by atoms with E-state index in [1.807, 2.05) is 38.1 Å². The van der Waals surface area contributed by atoms with Crippen LogP contribution in [0.15, 0.2) is 42.5 Å². The summed E-state index contributed by atoms with van der Waals surface area (Å²) in [6.45, 7) is 5.65. The highest BCUT2D eigenvalue weighted by Crippen LogP contribution is 2.21. The molecule has 0 saturated carbocycles. The number of nitrogens with zero attached hydrogens (tertiary/aromatic N) is 1. The van der Waals surface area contributed by atoms with E-state index in [0.717, 1.165) is 17.5 Å². The van der Waals surface area contributed by atoms with E-state index in [1.165, 1.54) is 6.07 Å². The summed E-state index contributed by atoms with van der Waals surface area (Å²) in [4.78, 5) is 22.9. The number of aryl methyl sites for hydroxylation is 2. The fourth-order valence-corrected chi connectivity index (χ4v) is 2.41. The van der Waals surface area contributed by atoms with Crippen LogP contribution >= 0.6 is 0 Å². The standard InChI is InChI=1S/C18H20N2O3/c1-4-16(14-8-5-12(2)6-9-14)19-18(21)15-10-7-13(3)17(11-15)20(22)23/h5-11,16H,4H2,1-3H3,(H,19,21). The Morgan fingerprint density at radius 2 is 1.83 bits per heavy atom. The Balaban J connectivity index is 2.21. The van der Waals surface area contributed by atoms with Crippen LogP contribution in [0.2, 0.25) is 0 Å². The van der Waals surface area contributed by atoms with Crippen LogP contribution in [0.5, 0.6) is 0 Å². The van der Waals surface area contributed by atoms with Gasteiger partial charge in [-0.1, -0.05) is 42.8 Å². The number of nitro benzene ring substituents is 1. The van der Waals surface area contributed by atoms with E-state index in [2.05, 4.69) is 5.32 Å². The molecule has 1 unspecified atom stereocenters. The van der Waals surface area contributed by atoms with Crippen molar-refractivity contribution in [2.24, 2.45) is 0 Å². The second-order valence-corrected chi connectivity index (χ2v) is 5.60. The number of carbonyl (C=O) groups is 1. The van der Waals surface area contributed by atoms with Crippen molar-refractivity contribution in [3.63, 3.8) is 0 Å². The third-order valence-electron chi connectivity index (χ3n) is 3.86. The number of hydrogen-bond acceptors (Lipinski definition) is 3. The lowest BCUT2D eigenvalue weighted by atomic mass is 10.0. The molecule has 0 aliphatic heterocycles. The summed E-state index contributed by atoms with van der Waals surface area (Å²) in [7, 11) is 0. The van der Waals surface area contributed by atoms with Crippen LogP contribution in [-0.2, 0) is 0 Å². The van der Waals surface area contributed by atoms with E-state index in [1.54, 1.807) is 19.1 Å². The second kappa shape index (κ2) is 7.05. The van der Waals surface area contributed by atoms with Crippen molar-refractivity contribution in [1.82, 2.24) is 5.32 Å². The van der Waals surface area contributed by atoms with Crippen LogP contribution in [0.4, 0.5) is 5.69 Å². The van der Waals surface area contributed by atoms with Gasteiger partial charge in [-0.05, 0) is 31.9 Å². The van der Waals surface area contributed by atoms with Gasteiger partial charge in [0.25, 0.3) is 11.6 Å². The Morgan fingerprint density at radius 3 is 2.39 bits per heavy atom. The summed E-state index contributed by atoms with van der Waals surface area (Å²) in [6, 6.07) is 12.4. The number of amides is 1. The van der Waals surface area contributed by atoms with Gasteiger partial charge in [0.05, 0.1) is 11.0 Å². The summed E-state index contributed by atoms with van der Waals surface area (Å²) >= 11 is 0. The molecule has 1 amide bonds. The molecule has 0 heterocycles. The maximum absolute atomic E-state index is 12.4. The number of carbonyl (C=O) groups excluding carboxylic acids is 1. The average Bonchev–Trinajstić information content (AvgIpc) is 2.53. The van der Waals surface area contributed by atoms with Gasteiger partial charge in [-0.2, -0.15) is 0 Å². The molecule has 0 aliphatic carbocycles. The summed E-state index contributed by atoms with van der Waals surface area (Å²) < 4.78 is 0. The monoisotopic (exact) mass is 312 g/mol. The number of hydrogen-bond donors (Lipinski definition) is 1. The molecule has 0 fully saturated rings. The highest BCUT2D eigenvalue weighted by atomic mass is 16.6. The largest absolute Gasteiger partial charge is 0.345 e. The molecule has 2 aromatic carbocycles. The molecule has 0 aromatic heterocycles. The van der Waals surface area contributed by atoms with Crippen molar-refractivity contribution < 1.29 is 9.72 Å². The maximum atomic E-state index is 12.4.